The Bertz CT molecular complexity index is 1010. The highest BCUT2D eigenvalue weighted by Gasteiger charge is 2.21. The van der Waals surface area contributed by atoms with Gasteiger partial charge in [-0.1, -0.05) is 12.1 Å². The summed E-state index contributed by atoms with van der Waals surface area (Å²) in [6.07, 6.45) is 4.66. The average molecular weight is 406 g/mol. The summed E-state index contributed by atoms with van der Waals surface area (Å²) in [5, 5.41) is 7.75. The summed E-state index contributed by atoms with van der Waals surface area (Å²) < 4.78 is 12.8. The van der Waals surface area contributed by atoms with Gasteiger partial charge in [0.15, 0.2) is 17.5 Å². The first kappa shape index (κ1) is 19.8. The van der Waals surface area contributed by atoms with Gasteiger partial charge < -0.3 is 19.7 Å². The number of hydrogen-bond acceptors (Lipinski definition) is 4. The Hall–Kier alpha value is -3.48. The van der Waals surface area contributed by atoms with Crippen LogP contribution in [0.5, 0.6) is 11.5 Å². The van der Waals surface area contributed by atoms with Crippen LogP contribution < -0.4 is 14.8 Å². The Morgan fingerprint density at radius 2 is 1.83 bits per heavy atom. The molecule has 4 rings (SSSR count). The molecule has 0 unspecified atom stereocenters. The molecule has 0 bridgehead atoms. The van der Waals surface area contributed by atoms with E-state index in [9.17, 15) is 0 Å². The van der Waals surface area contributed by atoms with Crippen molar-refractivity contribution < 1.29 is 9.47 Å². The van der Waals surface area contributed by atoms with Crippen molar-refractivity contribution in [2.45, 2.75) is 19.5 Å². The molecule has 7 heteroatoms. The molecule has 0 amide bonds. The van der Waals surface area contributed by atoms with Gasteiger partial charge in [-0.05, 0) is 53.4 Å². The monoisotopic (exact) mass is 405 g/mol. The topological polar surface area (TPSA) is 63.9 Å². The van der Waals surface area contributed by atoms with Crippen molar-refractivity contribution in [1.29, 1.82) is 0 Å². The van der Waals surface area contributed by atoms with Crippen LogP contribution in [-0.4, -0.2) is 48.5 Å². The number of hydrogen-bond donors (Lipinski definition) is 1. The molecule has 1 aliphatic heterocycles. The molecule has 30 heavy (non-hydrogen) atoms. The van der Waals surface area contributed by atoms with Crippen LogP contribution in [-0.2, 0) is 19.5 Å². The van der Waals surface area contributed by atoms with E-state index in [1.807, 2.05) is 24.0 Å². The molecular formula is C23H27N5O2. The summed E-state index contributed by atoms with van der Waals surface area (Å²) in [6.45, 7) is 2.40. The van der Waals surface area contributed by atoms with Crippen LogP contribution in [0.3, 0.4) is 0 Å². The van der Waals surface area contributed by atoms with Gasteiger partial charge in [0.2, 0.25) is 0 Å². The Balaban J connectivity index is 1.41. The van der Waals surface area contributed by atoms with Gasteiger partial charge in [-0.25, -0.2) is 4.68 Å². The van der Waals surface area contributed by atoms with Gasteiger partial charge >= 0.3 is 0 Å². The maximum Gasteiger partial charge on any atom is 0.194 e. The minimum atomic E-state index is 0.710. The number of aromatic nitrogens is 2. The molecule has 3 aromatic rings. The van der Waals surface area contributed by atoms with Crippen molar-refractivity contribution in [2.24, 2.45) is 4.99 Å². The lowest BCUT2D eigenvalue weighted by atomic mass is 9.99. The van der Waals surface area contributed by atoms with E-state index in [2.05, 4.69) is 56.7 Å². The number of methoxy groups -OCH3 is 2. The number of ether oxygens (including phenoxy) is 2. The second kappa shape index (κ2) is 8.90. The van der Waals surface area contributed by atoms with Crippen LogP contribution in [0.2, 0.25) is 0 Å². The number of rotatable bonds is 5. The maximum atomic E-state index is 5.47. The van der Waals surface area contributed by atoms with E-state index < -0.39 is 0 Å². The van der Waals surface area contributed by atoms with Crippen molar-refractivity contribution >= 4 is 5.96 Å². The number of nitrogens with one attached hydrogen (secondary N) is 1. The molecule has 0 aliphatic carbocycles. The van der Waals surface area contributed by atoms with E-state index in [0.717, 1.165) is 42.7 Å². The van der Waals surface area contributed by atoms with E-state index in [1.165, 1.54) is 16.7 Å². The molecule has 2 heterocycles. The van der Waals surface area contributed by atoms with Crippen LogP contribution >= 0.6 is 0 Å². The Morgan fingerprint density at radius 1 is 1.10 bits per heavy atom. The molecule has 0 spiro atoms. The molecule has 2 aromatic carbocycles. The average Bonchev–Trinajstić information content (AvgIpc) is 3.34. The standard InChI is InChI=1S/C23H27N5O2/c1-24-23(25-15-17-5-7-20(8-6-17)28-11-4-10-26-28)27-12-9-18-13-21(29-2)22(30-3)14-19(18)16-27/h4-8,10-11,13-14H,9,12,15-16H2,1-3H3,(H,24,25). The number of nitrogens with zero attached hydrogens (tertiary/aromatic N) is 4. The second-order valence-electron chi connectivity index (χ2n) is 7.17. The van der Waals surface area contributed by atoms with E-state index in [-0.39, 0.29) is 0 Å². The molecule has 0 radical (unpaired) electrons. The molecule has 156 valence electrons. The molecule has 0 atom stereocenters. The smallest absolute Gasteiger partial charge is 0.194 e. The van der Waals surface area contributed by atoms with Crippen molar-refractivity contribution in [2.75, 3.05) is 27.8 Å². The summed E-state index contributed by atoms with van der Waals surface area (Å²) in [7, 11) is 5.17. The van der Waals surface area contributed by atoms with E-state index in [0.29, 0.717) is 6.54 Å². The first-order valence-corrected chi connectivity index (χ1v) is 10.00. The van der Waals surface area contributed by atoms with Crippen LogP contribution in [0.15, 0.2) is 59.9 Å². The van der Waals surface area contributed by atoms with E-state index in [4.69, 9.17) is 9.47 Å². The Kier molecular flexibility index (Phi) is 5.88. The highest BCUT2D eigenvalue weighted by Crippen LogP contribution is 2.33. The highest BCUT2D eigenvalue weighted by molar-refractivity contribution is 5.80. The third kappa shape index (κ3) is 4.10. The highest BCUT2D eigenvalue weighted by atomic mass is 16.5. The minimum absolute atomic E-state index is 0.710. The predicted octanol–water partition coefficient (Wildman–Crippen LogP) is 3.02. The molecule has 0 saturated carbocycles. The molecule has 1 aromatic heterocycles. The van der Waals surface area contributed by atoms with Gasteiger partial charge in [-0.3, -0.25) is 4.99 Å². The fourth-order valence-corrected chi connectivity index (χ4v) is 3.77. The first-order chi connectivity index (χ1) is 14.7. The lowest BCUT2D eigenvalue weighted by Crippen LogP contribution is -2.43. The van der Waals surface area contributed by atoms with E-state index >= 15 is 0 Å². The molecule has 7 nitrogen and oxygen atoms in total. The van der Waals surface area contributed by atoms with Crippen LogP contribution in [0, 0.1) is 0 Å². The molecule has 1 N–H and O–H groups in total. The summed E-state index contributed by atoms with van der Waals surface area (Å²) in [5.41, 5.74) is 4.78. The van der Waals surface area contributed by atoms with Gasteiger partial charge in [0.1, 0.15) is 0 Å². The number of benzene rings is 2. The molecule has 0 fully saturated rings. The fraction of sp³-hybridized carbons (Fsp3) is 0.304. The third-order valence-electron chi connectivity index (χ3n) is 5.39. The van der Waals surface area contributed by atoms with Gasteiger partial charge in [-0.2, -0.15) is 5.10 Å². The van der Waals surface area contributed by atoms with Gasteiger partial charge in [0, 0.05) is 39.1 Å². The normalized spacial score (nSPS) is 13.7. The second-order valence-corrected chi connectivity index (χ2v) is 7.17. The van der Waals surface area contributed by atoms with Crippen molar-refractivity contribution in [3.63, 3.8) is 0 Å². The molecule has 0 saturated heterocycles. The zero-order chi connectivity index (χ0) is 20.9. The fourth-order valence-electron chi connectivity index (χ4n) is 3.77. The van der Waals surface area contributed by atoms with Gasteiger partial charge in [0.05, 0.1) is 19.9 Å². The lowest BCUT2D eigenvalue weighted by Gasteiger charge is -2.32. The largest absolute Gasteiger partial charge is 0.493 e. The number of guanidine groups is 1. The predicted molar refractivity (Wildman–Crippen MR) is 117 cm³/mol. The quantitative estimate of drug-likeness (QED) is 0.522. The minimum Gasteiger partial charge on any atom is -0.493 e. The molecule has 1 aliphatic rings. The summed E-state index contributed by atoms with van der Waals surface area (Å²) in [6, 6.07) is 14.4. The zero-order valence-corrected chi connectivity index (χ0v) is 17.6. The lowest BCUT2D eigenvalue weighted by molar-refractivity contribution is 0.346. The summed E-state index contributed by atoms with van der Waals surface area (Å²) >= 11 is 0. The van der Waals surface area contributed by atoms with Crippen LogP contribution in [0.25, 0.3) is 5.69 Å². The first-order valence-electron chi connectivity index (χ1n) is 10.00. The van der Waals surface area contributed by atoms with Crippen molar-refractivity contribution in [3.05, 3.63) is 71.5 Å². The van der Waals surface area contributed by atoms with Gasteiger partial charge in [0.25, 0.3) is 0 Å². The van der Waals surface area contributed by atoms with Crippen molar-refractivity contribution in [1.82, 2.24) is 20.0 Å². The zero-order valence-electron chi connectivity index (χ0n) is 17.6. The third-order valence-corrected chi connectivity index (χ3v) is 5.39. The van der Waals surface area contributed by atoms with Crippen LogP contribution in [0.1, 0.15) is 16.7 Å². The SMILES string of the molecule is CN=C(NCc1ccc(-n2cccn2)cc1)N1CCc2cc(OC)c(OC)cc2C1. The van der Waals surface area contributed by atoms with E-state index in [1.54, 1.807) is 20.4 Å². The Morgan fingerprint density at radius 3 is 2.47 bits per heavy atom. The van der Waals surface area contributed by atoms with Gasteiger partial charge in [-0.15, -0.1) is 0 Å². The summed E-state index contributed by atoms with van der Waals surface area (Å²) in [4.78, 5) is 6.77. The Labute approximate surface area is 176 Å². The van der Waals surface area contributed by atoms with Crippen LogP contribution in [0.4, 0.5) is 0 Å². The number of fused-ring (bicyclic) bond motifs is 1. The maximum absolute atomic E-state index is 5.47. The molecular weight excluding hydrogens is 378 g/mol. The number of aliphatic imine (C=N–C) groups is 1. The summed E-state index contributed by atoms with van der Waals surface area (Å²) in [5.74, 6) is 2.44. The van der Waals surface area contributed by atoms with Crippen molar-refractivity contribution in [3.8, 4) is 17.2 Å².